The van der Waals surface area contributed by atoms with E-state index in [2.05, 4.69) is 22.0 Å². The monoisotopic (exact) mass is 371 g/mol. The number of ether oxygens (including phenoxy) is 2. The molecule has 0 saturated heterocycles. The van der Waals surface area contributed by atoms with Crippen LogP contribution < -0.4 is 10.1 Å². The van der Waals surface area contributed by atoms with Crippen LogP contribution in [0.4, 0.5) is 5.13 Å². The van der Waals surface area contributed by atoms with E-state index in [1.165, 1.54) is 11.3 Å². The molecule has 0 radical (unpaired) electrons. The number of thiazole rings is 1. The number of hydrogen-bond acceptors (Lipinski definition) is 8. The molecule has 1 N–H and O–H groups in total. The van der Waals surface area contributed by atoms with Gasteiger partial charge in [-0.25, -0.2) is 9.78 Å². The minimum Gasteiger partial charge on any atom is -0.496 e. The normalized spacial score (nSPS) is 10.3. The van der Waals surface area contributed by atoms with Crippen LogP contribution in [0.25, 0.3) is 11.3 Å². The van der Waals surface area contributed by atoms with Crippen LogP contribution in [0.2, 0.25) is 0 Å². The second-order valence-electron chi connectivity index (χ2n) is 5.16. The van der Waals surface area contributed by atoms with E-state index < -0.39 is 5.97 Å². The number of carbonyl (C=O) groups is 1. The number of anilines is 1. The summed E-state index contributed by atoms with van der Waals surface area (Å²) in [5.74, 6) is 0.592. The van der Waals surface area contributed by atoms with Crippen molar-refractivity contribution in [3.63, 3.8) is 0 Å². The maximum Gasteiger partial charge on any atom is 0.358 e. The van der Waals surface area contributed by atoms with Crippen molar-refractivity contribution in [2.45, 2.75) is 6.61 Å². The van der Waals surface area contributed by atoms with E-state index in [1.54, 1.807) is 24.6 Å². The van der Waals surface area contributed by atoms with Crippen LogP contribution in [0.3, 0.4) is 0 Å². The minimum absolute atomic E-state index is 0.0338. The van der Waals surface area contributed by atoms with Crippen molar-refractivity contribution in [1.82, 2.24) is 10.1 Å². The summed E-state index contributed by atoms with van der Waals surface area (Å²) in [7, 11) is 1.59. The van der Waals surface area contributed by atoms with Gasteiger partial charge in [-0.2, -0.15) is 0 Å². The number of benzene rings is 1. The molecule has 0 aliphatic heterocycles. The third-order valence-electron chi connectivity index (χ3n) is 3.40. The highest BCUT2D eigenvalue weighted by molar-refractivity contribution is 7.13. The maximum atomic E-state index is 12.1. The van der Waals surface area contributed by atoms with Gasteiger partial charge in [-0.3, -0.25) is 0 Å². The summed E-state index contributed by atoms with van der Waals surface area (Å²) in [6, 6.07) is 9.18. The van der Waals surface area contributed by atoms with Gasteiger partial charge in [0.15, 0.2) is 23.2 Å². The number of hydrogen-bond donors (Lipinski definition) is 1. The Balaban J connectivity index is 1.62. The minimum atomic E-state index is -0.525. The highest BCUT2D eigenvalue weighted by Gasteiger charge is 2.15. The molecule has 0 atom stereocenters. The number of rotatable bonds is 8. The van der Waals surface area contributed by atoms with Gasteiger partial charge in [0.2, 0.25) is 0 Å². The van der Waals surface area contributed by atoms with Crippen molar-refractivity contribution in [1.29, 1.82) is 0 Å². The van der Waals surface area contributed by atoms with Crippen molar-refractivity contribution in [2.24, 2.45) is 0 Å². The largest absolute Gasteiger partial charge is 0.496 e. The molecule has 0 aliphatic carbocycles. The predicted octanol–water partition coefficient (Wildman–Crippen LogP) is 3.76. The lowest BCUT2D eigenvalue weighted by Crippen LogP contribution is -2.06. The molecular weight excluding hydrogens is 354 g/mol. The zero-order chi connectivity index (χ0) is 18.4. The fourth-order valence-corrected chi connectivity index (χ4v) is 2.87. The predicted molar refractivity (Wildman–Crippen MR) is 98.4 cm³/mol. The Morgan fingerprint density at radius 3 is 3.08 bits per heavy atom. The zero-order valence-electron chi connectivity index (χ0n) is 14.1. The molecule has 3 rings (SSSR count). The molecule has 0 unspecified atom stereocenters. The van der Waals surface area contributed by atoms with E-state index in [9.17, 15) is 4.79 Å². The lowest BCUT2D eigenvalue weighted by Gasteiger charge is -2.03. The Hall–Kier alpha value is -3.13. The van der Waals surface area contributed by atoms with Crippen LogP contribution in [0.15, 0.2) is 52.9 Å². The van der Waals surface area contributed by atoms with Crippen molar-refractivity contribution in [3.8, 4) is 17.0 Å². The number of esters is 1. The first-order valence-electron chi connectivity index (χ1n) is 7.77. The number of para-hydroxylation sites is 1. The smallest absolute Gasteiger partial charge is 0.358 e. The van der Waals surface area contributed by atoms with Crippen LogP contribution in [-0.2, 0) is 11.3 Å². The van der Waals surface area contributed by atoms with Gasteiger partial charge >= 0.3 is 5.97 Å². The molecule has 0 saturated carbocycles. The van der Waals surface area contributed by atoms with Crippen molar-refractivity contribution in [3.05, 3.63) is 59.8 Å². The van der Waals surface area contributed by atoms with E-state index in [0.29, 0.717) is 28.9 Å². The molecular formula is C18H17N3O4S. The second-order valence-corrected chi connectivity index (χ2v) is 6.02. The Labute approximate surface area is 154 Å². The molecule has 0 amide bonds. The maximum absolute atomic E-state index is 12.1. The molecule has 2 aromatic heterocycles. The molecule has 1 aromatic carbocycles. The van der Waals surface area contributed by atoms with Gasteiger partial charge in [-0.15, -0.1) is 17.9 Å². The van der Waals surface area contributed by atoms with Gasteiger partial charge in [0.1, 0.15) is 11.4 Å². The summed E-state index contributed by atoms with van der Waals surface area (Å²) < 4.78 is 15.8. The van der Waals surface area contributed by atoms with Crippen LogP contribution in [0, 0.1) is 0 Å². The second kappa shape index (κ2) is 8.30. The SMILES string of the molecule is C=CCNc1nc(C(=O)OCc2cc(-c3ccccc3OC)no2)cs1. The topological polar surface area (TPSA) is 86.5 Å². The van der Waals surface area contributed by atoms with Crippen LogP contribution in [0.5, 0.6) is 5.75 Å². The van der Waals surface area contributed by atoms with E-state index in [1.807, 2.05) is 24.3 Å². The van der Waals surface area contributed by atoms with Gasteiger partial charge in [-0.1, -0.05) is 23.4 Å². The van der Waals surface area contributed by atoms with Crippen LogP contribution in [0.1, 0.15) is 16.2 Å². The Morgan fingerprint density at radius 1 is 1.42 bits per heavy atom. The zero-order valence-corrected chi connectivity index (χ0v) is 14.9. The van der Waals surface area contributed by atoms with Gasteiger partial charge in [-0.05, 0) is 12.1 Å². The van der Waals surface area contributed by atoms with Crippen molar-refractivity contribution in [2.75, 3.05) is 19.0 Å². The first kappa shape index (κ1) is 17.7. The lowest BCUT2D eigenvalue weighted by atomic mass is 10.1. The molecule has 2 heterocycles. The molecule has 0 spiro atoms. The van der Waals surface area contributed by atoms with Crippen LogP contribution in [-0.4, -0.2) is 29.8 Å². The Kier molecular flexibility index (Phi) is 5.65. The molecule has 3 aromatic rings. The Morgan fingerprint density at radius 2 is 2.27 bits per heavy atom. The number of carbonyl (C=O) groups excluding carboxylic acids is 1. The molecule has 8 heteroatoms. The summed E-state index contributed by atoms with van der Waals surface area (Å²) in [6.07, 6.45) is 1.71. The van der Waals surface area contributed by atoms with E-state index >= 15 is 0 Å². The molecule has 134 valence electrons. The summed E-state index contributed by atoms with van der Waals surface area (Å²) >= 11 is 1.32. The average Bonchev–Trinajstić information content (AvgIpc) is 3.34. The summed E-state index contributed by atoms with van der Waals surface area (Å²) in [6.45, 7) is 4.16. The third kappa shape index (κ3) is 4.09. The first-order valence-corrected chi connectivity index (χ1v) is 8.65. The molecule has 0 fully saturated rings. The highest BCUT2D eigenvalue weighted by Crippen LogP contribution is 2.29. The molecule has 0 aliphatic rings. The van der Waals surface area contributed by atoms with Gasteiger partial charge in [0.05, 0.1) is 7.11 Å². The Bertz CT molecular complexity index is 903. The van der Waals surface area contributed by atoms with Crippen molar-refractivity contribution >= 4 is 22.4 Å². The van der Waals surface area contributed by atoms with Gasteiger partial charge < -0.3 is 19.3 Å². The molecule has 0 bridgehead atoms. The number of aromatic nitrogens is 2. The third-order valence-corrected chi connectivity index (χ3v) is 4.20. The summed E-state index contributed by atoms with van der Waals surface area (Å²) in [5.41, 5.74) is 1.65. The number of nitrogens with zero attached hydrogens (tertiary/aromatic N) is 2. The fraction of sp³-hybridized carbons (Fsp3) is 0.167. The molecule has 7 nitrogen and oxygen atoms in total. The standard InChI is InChI=1S/C18H17N3O4S/c1-3-8-19-18-20-15(11-26-18)17(22)24-10-12-9-14(21-25-12)13-6-4-5-7-16(13)23-2/h3-7,9,11H,1,8,10H2,2H3,(H,19,20). The number of methoxy groups -OCH3 is 1. The highest BCUT2D eigenvalue weighted by atomic mass is 32.1. The van der Waals surface area contributed by atoms with Crippen LogP contribution >= 0.6 is 11.3 Å². The van der Waals surface area contributed by atoms with Gasteiger partial charge in [0.25, 0.3) is 0 Å². The number of nitrogens with one attached hydrogen (secondary N) is 1. The van der Waals surface area contributed by atoms with E-state index in [0.717, 1.165) is 5.56 Å². The fourth-order valence-electron chi connectivity index (χ4n) is 2.18. The summed E-state index contributed by atoms with van der Waals surface area (Å²) in [4.78, 5) is 16.2. The van der Waals surface area contributed by atoms with Crippen molar-refractivity contribution < 1.29 is 18.8 Å². The van der Waals surface area contributed by atoms with E-state index in [-0.39, 0.29) is 12.3 Å². The van der Waals surface area contributed by atoms with Gasteiger partial charge in [0, 0.05) is 23.6 Å². The first-order chi connectivity index (χ1) is 12.7. The lowest BCUT2D eigenvalue weighted by molar-refractivity contribution is 0.0431. The quantitative estimate of drug-likeness (QED) is 0.476. The van der Waals surface area contributed by atoms with E-state index in [4.69, 9.17) is 14.0 Å². The summed E-state index contributed by atoms with van der Waals surface area (Å²) in [5, 5.41) is 9.29. The molecule has 26 heavy (non-hydrogen) atoms. The average molecular weight is 371 g/mol.